The third-order valence-corrected chi connectivity index (χ3v) is 3.90. The van der Waals surface area contributed by atoms with Crippen LogP contribution >= 0.6 is 0 Å². The maximum Gasteiger partial charge on any atom is 0.251 e. The SMILES string of the molecule is O=C(NCc1cc(-c2ccc3c(c2)OCCO3)on1)c1cccc(F)c1. The Morgan fingerprint density at radius 1 is 1.08 bits per heavy atom. The summed E-state index contributed by atoms with van der Waals surface area (Å²) in [6.45, 7) is 1.21. The van der Waals surface area contributed by atoms with Crippen LogP contribution in [-0.2, 0) is 6.54 Å². The third kappa shape index (κ3) is 3.37. The molecule has 0 spiro atoms. The van der Waals surface area contributed by atoms with Crippen molar-refractivity contribution in [2.45, 2.75) is 6.54 Å². The predicted octanol–water partition coefficient (Wildman–Crippen LogP) is 3.18. The molecule has 6 nitrogen and oxygen atoms in total. The Kier molecular flexibility index (Phi) is 4.27. The number of fused-ring (bicyclic) bond motifs is 1. The van der Waals surface area contributed by atoms with Crippen molar-refractivity contribution >= 4 is 5.91 Å². The number of carbonyl (C=O) groups excluding carboxylic acids is 1. The first kappa shape index (κ1) is 16.1. The number of aromatic nitrogens is 1. The summed E-state index contributed by atoms with van der Waals surface area (Å²) in [7, 11) is 0. The van der Waals surface area contributed by atoms with Crippen LogP contribution < -0.4 is 14.8 Å². The van der Waals surface area contributed by atoms with Crippen molar-refractivity contribution in [2.24, 2.45) is 0 Å². The van der Waals surface area contributed by atoms with Crippen LogP contribution in [0.5, 0.6) is 11.5 Å². The van der Waals surface area contributed by atoms with Crippen LogP contribution in [-0.4, -0.2) is 24.3 Å². The van der Waals surface area contributed by atoms with E-state index in [0.29, 0.717) is 36.2 Å². The molecule has 132 valence electrons. The van der Waals surface area contributed by atoms with Crippen molar-refractivity contribution in [3.8, 4) is 22.8 Å². The van der Waals surface area contributed by atoms with E-state index in [4.69, 9.17) is 14.0 Å². The lowest BCUT2D eigenvalue weighted by Crippen LogP contribution is -2.22. The van der Waals surface area contributed by atoms with Crippen LogP contribution in [0.2, 0.25) is 0 Å². The Bertz CT molecular complexity index is 954. The Labute approximate surface area is 148 Å². The standard InChI is InChI=1S/C19H15FN2O4/c20-14-3-1-2-13(8-14)19(23)21-11-15-10-17(26-22-15)12-4-5-16-18(9-12)25-7-6-24-16/h1-5,8-10H,6-7,11H2,(H,21,23). The van der Waals surface area contributed by atoms with Crippen molar-refractivity contribution in [1.82, 2.24) is 10.5 Å². The number of nitrogens with one attached hydrogen (secondary N) is 1. The fraction of sp³-hybridized carbons (Fsp3) is 0.158. The summed E-state index contributed by atoms with van der Waals surface area (Å²) < 4.78 is 29.6. The zero-order valence-electron chi connectivity index (χ0n) is 13.7. The second kappa shape index (κ2) is 6.87. The van der Waals surface area contributed by atoms with Crippen molar-refractivity contribution in [3.63, 3.8) is 0 Å². The molecule has 1 N–H and O–H groups in total. The topological polar surface area (TPSA) is 73.6 Å². The summed E-state index contributed by atoms with van der Waals surface area (Å²) >= 11 is 0. The van der Waals surface area contributed by atoms with Gasteiger partial charge in [0.2, 0.25) is 0 Å². The number of nitrogens with zero attached hydrogens (tertiary/aromatic N) is 1. The minimum absolute atomic E-state index is 0.170. The molecule has 0 saturated carbocycles. The second-order valence-electron chi connectivity index (χ2n) is 5.73. The number of benzene rings is 2. The minimum Gasteiger partial charge on any atom is -0.486 e. The Morgan fingerprint density at radius 2 is 1.92 bits per heavy atom. The molecule has 4 rings (SSSR count). The van der Waals surface area contributed by atoms with E-state index in [1.165, 1.54) is 18.2 Å². The zero-order valence-corrected chi connectivity index (χ0v) is 13.7. The van der Waals surface area contributed by atoms with Gasteiger partial charge in [0.1, 0.15) is 24.7 Å². The predicted molar refractivity (Wildman–Crippen MR) is 90.5 cm³/mol. The maximum absolute atomic E-state index is 13.2. The highest BCUT2D eigenvalue weighted by atomic mass is 19.1. The fourth-order valence-electron chi connectivity index (χ4n) is 2.63. The van der Waals surface area contributed by atoms with Crippen LogP contribution in [0.1, 0.15) is 16.1 Å². The summed E-state index contributed by atoms with van der Waals surface area (Å²) in [6.07, 6.45) is 0. The van der Waals surface area contributed by atoms with Crippen molar-refractivity contribution in [1.29, 1.82) is 0 Å². The first-order valence-electron chi connectivity index (χ1n) is 8.08. The fourth-order valence-corrected chi connectivity index (χ4v) is 2.63. The second-order valence-corrected chi connectivity index (χ2v) is 5.73. The highest BCUT2D eigenvalue weighted by molar-refractivity contribution is 5.94. The van der Waals surface area contributed by atoms with Gasteiger partial charge in [0.05, 0.1) is 6.54 Å². The molecule has 0 fully saturated rings. The van der Waals surface area contributed by atoms with Gasteiger partial charge in [0.15, 0.2) is 17.3 Å². The maximum atomic E-state index is 13.2. The van der Waals surface area contributed by atoms with E-state index >= 15 is 0 Å². The molecule has 2 aromatic carbocycles. The largest absolute Gasteiger partial charge is 0.486 e. The Hall–Kier alpha value is -3.35. The Morgan fingerprint density at radius 3 is 2.77 bits per heavy atom. The van der Waals surface area contributed by atoms with Gasteiger partial charge in [-0.1, -0.05) is 11.2 Å². The van der Waals surface area contributed by atoms with E-state index in [-0.39, 0.29) is 18.0 Å². The van der Waals surface area contributed by atoms with Crippen LogP contribution in [0.4, 0.5) is 4.39 Å². The molecule has 26 heavy (non-hydrogen) atoms. The van der Waals surface area contributed by atoms with Crippen LogP contribution in [0.25, 0.3) is 11.3 Å². The normalized spacial score (nSPS) is 12.7. The summed E-state index contributed by atoms with van der Waals surface area (Å²) in [5.74, 6) is 1.07. The smallest absolute Gasteiger partial charge is 0.251 e. The number of halogens is 1. The highest BCUT2D eigenvalue weighted by Gasteiger charge is 2.15. The van der Waals surface area contributed by atoms with E-state index in [1.807, 2.05) is 18.2 Å². The van der Waals surface area contributed by atoms with Gasteiger partial charge in [-0.05, 0) is 36.4 Å². The average molecular weight is 354 g/mol. The van der Waals surface area contributed by atoms with Crippen molar-refractivity contribution < 1.29 is 23.2 Å². The first-order chi connectivity index (χ1) is 12.7. The molecule has 0 radical (unpaired) electrons. The number of amides is 1. The quantitative estimate of drug-likeness (QED) is 0.779. The molecule has 7 heteroatoms. The van der Waals surface area contributed by atoms with Gasteiger partial charge in [0, 0.05) is 17.2 Å². The summed E-state index contributed by atoms with van der Waals surface area (Å²) in [4.78, 5) is 12.0. The third-order valence-electron chi connectivity index (χ3n) is 3.90. The van der Waals surface area contributed by atoms with Crippen LogP contribution in [0.3, 0.4) is 0 Å². The number of hydrogen-bond donors (Lipinski definition) is 1. The van der Waals surface area contributed by atoms with Crippen molar-refractivity contribution in [3.05, 3.63) is 65.6 Å². The van der Waals surface area contributed by atoms with Crippen molar-refractivity contribution in [2.75, 3.05) is 13.2 Å². The molecule has 1 aliphatic rings. The number of ether oxygens (including phenoxy) is 2. The lowest BCUT2D eigenvalue weighted by Gasteiger charge is -2.18. The molecule has 2 heterocycles. The molecule has 0 bridgehead atoms. The zero-order chi connectivity index (χ0) is 17.9. The molecule has 0 saturated heterocycles. The van der Waals surface area contributed by atoms with Gasteiger partial charge >= 0.3 is 0 Å². The van der Waals surface area contributed by atoms with E-state index in [9.17, 15) is 9.18 Å². The summed E-state index contributed by atoms with van der Waals surface area (Å²) in [5, 5.41) is 6.64. The lowest BCUT2D eigenvalue weighted by atomic mass is 10.1. The molecular formula is C19H15FN2O4. The minimum atomic E-state index is -0.458. The van der Waals surface area contributed by atoms with Gasteiger partial charge in [-0.15, -0.1) is 0 Å². The Balaban J connectivity index is 1.44. The van der Waals surface area contributed by atoms with E-state index in [0.717, 1.165) is 5.56 Å². The number of hydrogen-bond acceptors (Lipinski definition) is 5. The number of carbonyl (C=O) groups is 1. The molecule has 1 amide bonds. The highest BCUT2D eigenvalue weighted by Crippen LogP contribution is 2.34. The lowest BCUT2D eigenvalue weighted by molar-refractivity contribution is 0.0949. The molecular weight excluding hydrogens is 339 g/mol. The molecule has 0 unspecified atom stereocenters. The monoisotopic (exact) mass is 354 g/mol. The van der Waals surface area contributed by atoms with Gasteiger partial charge in [-0.2, -0.15) is 0 Å². The van der Waals surface area contributed by atoms with E-state index in [2.05, 4.69) is 10.5 Å². The van der Waals surface area contributed by atoms with E-state index < -0.39 is 5.82 Å². The molecule has 1 aromatic heterocycles. The molecule has 0 aliphatic carbocycles. The van der Waals surface area contributed by atoms with Gasteiger partial charge in [-0.3, -0.25) is 4.79 Å². The van der Waals surface area contributed by atoms with Crippen LogP contribution in [0, 0.1) is 5.82 Å². The molecule has 1 aliphatic heterocycles. The average Bonchev–Trinajstić information content (AvgIpc) is 3.15. The first-order valence-corrected chi connectivity index (χ1v) is 8.08. The van der Waals surface area contributed by atoms with Gasteiger partial charge < -0.3 is 19.3 Å². The van der Waals surface area contributed by atoms with Gasteiger partial charge in [0.25, 0.3) is 5.91 Å². The van der Waals surface area contributed by atoms with Gasteiger partial charge in [-0.25, -0.2) is 4.39 Å². The van der Waals surface area contributed by atoms with Crippen LogP contribution in [0.15, 0.2) is 53.1 Å². The summed E-state index contributed by atoms with van der Waals surface area (Å²) in [6, 6.07) is 12.7. The summed E-state index contributed by atoms with van der Waals surface area (Å²) in [5.41, 5.74) is 1.60. The molecule has 0 atom stereocenters. The molecule has 3 aromatic rings. The van der Waals surface area contributed by atoms with E-state index in [1.54, 1.807) is 12.1 Å². The number of rotatable bonds is 4.